The minimum atomic E-state index is -0.306. The lowest BCUT2D eigenvalue weighted by atomic mass is 10.0. The summed E-state index contributed by atoms with van der Waals surface area (Å²) in [6.07, 6.45) is 5.09. The van der Waals surface area contributed by atoms with Crippen molar-refractivity contribution in [3.63, 3.8) is 0 Å². The van der Waals surface area contributed by atoms with Crippen LogP contribution >= 0.6 is 0 Å². The van der Waals surface area contributed by atoms with Gasteiger partial charge < -0.3 is 20.1 Å². The van der Waals surface area contributed by atoms with Crippen molar-refractivity contribution in [1.82, 2.24) is 4.90 Å². The Kier molecular flexibility index (Phi) is 5.41. The summed E-state index contributed by atoms with van der Waals surface area (Å²) in [7, 11) is 0. The quantitative estimate of drug-likeness (QED) is 0.845. The summed E-state index contributed by atoms with van der Waals surface area (Å²) in [4.78, 5) is 14.3. The van der Waals surface area contributed by atoms with Crippen LogP contribution in [0.25, 0.3) is 0 Å². The van der Waals surface area contributed by atoms with Crippen LogP contribution < -0.4 is 5.73 Å². The molecule has 116 valence electrons. The molecule has 20 heavy (non-hydrogen) atoms. The molecule has 0 aromatic carbocycles. The van der Waals surface area contributed by atoms with Crippen LogP contribution in [0.2, 0.25) is 0 Å². The number of hydrogen-bond donors (Lipinski definition) is 1. The van der Waals surface area contributed by atoms with Crippen LogP contribution in [0.15, 0.2) is 0 Å². The van der Waals surface area contributed by atoms with E-state index in [0.717, 1.165) is 25.9 Å². The van der Waals surface area contributed by atoms with E-state index in [4.69, 9.17) is 15.2 Å². The zero-order valence-electron chi connectivity index (χ0n) is 12.8. The van der Waals surface area contributed by atoms with Gasteiger partial charge in [0.2, 0.25) is 5.91 Å². The number of nitrogens with two attached hydrogens (primary N) is 1. The molecule has 2 saturated heterocycles. The molecule has 5 nitrogen and oxygen atoms in total. The maximum Gasteiger partial charge on any atom is 0.222 e. The van der Waals surface area contributed by atoms with E-state index in [1.807, 2.05) is 18.7 Å². The first kappa shape index (κ1) is 15.7. The van der Waals surface area contributed by atoms with E-state index in [1.54, 1.807) is 0 Å². The van der Waals surface area contributed by atoms with Crippen LogP contribution in [0, 0.1) is 0 Å². The molecule has 2 aliphatic heterocycles. The summed E-state index contributed by atoms with van der Waals surface area (Å²) in [5.41, 5.74) is 5.39. The van der Waals surface area contributed by atoms with Gasteiger partial charge in [-0.1, -0.05) is 0 Å². The Morgan fingerprint density at radius 2 is 2.15 bits per heavy atom. The van der Waals surface area contributed by atoms with E-state index in [0.29, 0.717) is 26.1 Å². The molecule has 2 aliphatic rings. The first-order valence-electron chi connectivity index (χ1n) is 7.77. The minimum Gasteiger partial charge on any atom is -0.378 e. The van der Waals surface area contributed by atoms with Crippen LogP contribution in [0.1, 0.15) is 46.0 Å². The Morgan fingerprint density at radius 1 is 1.35 bits per heavy atom. The van der Waals surface area contributed by atoms with Gasteiger partial charge in [0.15, 0.2) is 0 Å². The molecule has 2 rings (SSSR count). The van der Waals surface area contributed by atoms with Gasteiger partial charge >= 0.3 is 0 Å². The van der Waals surface area contributed by atoms with Gasteiger partial charge in [-0.05, 0) is 39.5 Å². The molecule has 5 heteroatoms. The Balaban J connectivity index is 1.81. The van der Waals surface area contributed by atoms with Crippen molar-refractivity contribution in [2.45, 2.75) is 63.8 Å². The van der Waals surface area contributed by atoms with Gasteiger partial charge in [-0.15, -0.1) is 0 Å². The second-order valence-electron chi connectivity index (χ2n) is 6.54. The number of ether oxygens (including phenoxy) is 2. The van der Waals surface area contributed by atoms with Crippen molar-refractivity contribution in [2.75, 3.05) is 26.2 Å². The van der Waals surface area contributed by atoms with Crippen molar-refractivity contribution >= 4 is 5.91 Å². The molecule has 0 aromatic rings. The fourth-order valence-electron chi connectivity index (χ4n) is 3.09. The topological polar surface area (TPSA) is 64.8 Å². The predicted molar refractivity (Wildman–Crippen MR) is 77.4 cm³/mol. The maximum atomic E-state index is 12.4. The second kappa shape index (κ2) is 6.87. The summed E-state index contributed by atoms with van der Waals surface area (Å²) in [5, 5.41) is 0. The first-order chi connectivity index (χ1) is 9.50. The largest absolute Gasteiger partial charge is 0.378 e. The van der Waals surface area contributed by atoms with Crippen molar-refractivity contribution in [3.8, 4) is 0 Å². The molecule has 0 saturated carbocycles. The van der Waals surface area contributed by atoms with E-state index in [9.17, 15) is 4.79 Å². The average molecular weight is 284 g/mol. The lowest BCUT2D eigenvalue weighted by Gasteiger charge is -2.42. The van der Waals surface area contributed by atoms with Crippen molar-refractivity contribution in [3.05, 3.63) is 0 Å². The monoisotopic (exact) mass is 284 g/mol. The Labute approximate surface area is 121 Å². The van der Waals surface area contributed by atoms with Gasteiger partial charge in [-0.25, -0.2) is 0 Å². The van der Waals surface area contributed by atoms with E-state index < -0.39 is 0 Å². The van der Waals surface area contributed by atoms with Crippen LogP contribution in [0.4, 0.5) is 0 Å². The highest BCUT2D eigenvalue weighted by Gasteiger charge is 2.34. The lowest BCUT2D eigenvalue weighted by Crippen LogP contribution is -2.56. The molecule has 2 atom stereocenters. The molecule has 2 heterocycles. The highest BCUT2D eigenvalue weighted by molar-refractivity contribution is 5.76. The number of morpholine rings is 1. The predicted octanol–water partition coefficient (Wildman–Crippen LogP) is 1.30. The molecule has 2 N–H and O–H groups in total. The van der Waals surface area contributed by atoms with Gasteiger partial charge in [-0.3, -0.25) is 4.79 Å². The number of rotatable bonds is 4. The molecule has 0 aliphatic carbocycles. The number of hydrogen-bond acceptors (Lipinski definition) is 4. The molecular formula is C15H28N2O3. The standard InChI is InChI=1S/C15H28N2O3/c1-15(2)11-17(10-13(9-16)20-15)14(18)7-6-12-5-3-4-8-19-12/h12-13H,3-11,16H2,1-2H3. The summed E-state index contributed by atoms with van der Waals surface area (Å²) in [5.74, 6) is 0.203. The summed E-state index contributed by atoms with van der Waals surface area (Å²) in [6.45, 7) is 6.59. The number of carbonyl (C=O) groups excluding carboxylic acids is 1. The summed E-state index contributed by atoms with van der Waals surface area (Å²) in [6, 6.07) is 0. The van der Waals surface area contributed by atoms with Crippen molar-refractivity contribution < 1.29 is 14.3 Å². The highest BCUT2D eigenvalue weighted by atomic mass is 16.5. The van der Waals surface area contributed by atoms with Crippen LogP contribution in [-0.4, -0.2) is 54.9 Å². The fourth-order valence-corrected chi connectivity index (χ4v) is 3.09. The molecule has 1 amide bonds. The molecule has 0 radical (unpaired) electrons. The lowest BCUT2D eigenvalue weighted by molar-refractivity contribution is -0.160. The first-order valence-corrected chi connectivity index (χ1v) is 7.77. The fraction of sp³-hybridized carbons (Fsp3) is 0.933. The number of amides is 1. The third-order valence-electron chi connectivity index (χ3n) is 4.05. The molecule has 2 fully saturated rings. The number of nitrogens with zero attached hydrogens (tertiary/aromatic N) is 1. The molecule has 0 aromatic heterocycles. The number of carbonyl (C=O) groups is 1. The molecular weight excluding hydrogens is 256 g/mol. The molecule has 0 bridgehead atoms. The van der Waals surface area contributed by atoms with E-state index in [1.165, 1.54) is 6.42 Å². The Hall–Kier alpha value is -0.650. The summed E-state index contributed by atoms with van der Waals surface area (Å²) < 4.78 is 11.5. The third kappa shape index (κ3) is 4.43. The van der Waals surface area contributed by atoms with E-state index in [-0.39, 0.29) is 23.7 Å². The van der Waals surface area contributed by atoms with Crippen LogP contribution in [-0.2, 0) is 14.3 Å². The third-order valence-corrected chi connectivity index (χ3v) is 4.05. The second-order valence-corrected chi connectivity index (χ2v) is 6.54. The van der Waals surface area contributed by atoms with Crippen LogP contribution in [0.5, 0.6) is 0 Å². The van der Waals surface area contributed by atoms with Crippen molar-refractivity contribution in [1.29, 1.82) is 0 Å². The molecule has 2 unspecified atom stereocenters. The summed E-state index contributed by atoms with van der Waals surface area (Å²) >= 11 is 0. The van der Waals surface area contributed by atoms with Gasteiger partial charge in [0.1, 0.15) is 0 Å². The Morgan fingerprint density at radius 3 is 2.80 bits per heavy atom. The smallest absolute Gasteiger partial charge is 0.222 e. The van der Waals surface area contributed by atoms with E-state index >= 15 is 0 Å². The maximum absolute atomic E-state index is 12.4. The zero-order chi connectivity index (χ0) is 14.6. The average Bonchev–Trinajstić information content (AvgIpc) is 2.44. The highest BCUT2D eigenvalue weighted by Crippen LogP contribution is 2.22. The van der Waals surface area contributed by atoms with Crippen molar-refractivity contribution in [2.24, 2.45) is 5.73 Å². The SMILES string of the molecule is CC1(C)CN(C(=O)CCC2CCCCO2)CC(CN)O1. The van der Waals surface area contributed by atoms with Gasteiger partial charge in [0.25, 0.3) is 0 Å². The van der Waals surface area contributed by atoms with Gasteiger partial charge in [0.05, 0.1) is 17.8 Å². The normalized spacial score (nSPS) is 30.2. The zero-order valence-corrected chi connectivity index (χ0v) is 12.8. The van der Waals surface area contributed by atoms with Gasteiger partial charge in [0, 0.05) is 32.7 Å². The minimum absolute atomic E-state index is 0.0476. The van der Waals surface area contributed by atoms with E-state index in [2.05, 4.69) is 0 Å². The molecule has 0 spiro atoms. The Bertz CT molecular complexity index is 327. The van der Waals surface area contributed by atoms with Crippen LogP contribution in [0.3, 0.4) is 0 Å². The van der Waals surface area contributed by atoms with Gasteiger partial charge in [-0.2, -0.15) is 0 Å².